The topological polar surface area (TPSA) is 103 Å². The summed E-state index contributed by atoms with van der Waals surface area (Å²) in [4.78, 5) is 2.07. The van der Waals surface area contributed by atoms with Crippen LogP contribution in [0.15, 0.2) is 0 Å². The van der Waals surface area contributed by atoms with Gasteiger partial charge in [0.05, 0.1) is 6.54 Å². The molecule has 0 saturated carbocycles. The number of hydrogen-bond acceptors (Lipinski definition) is 4. The number of hydrogen-bond donors (Lipinski definition) is 3. The lowest BCUT2D eigenvalue weighted by atomic mass is 10.1. The Morgan fingerprint density at radius 1 is 1.37 bits per heavy atom. The molecule has 1 fully saturated rings. The molecular formula is C11H25N5O2S. The lowest BCUT2D eigenvalue weighted by molar-refractivity contribution is 0.230. The normalized spacial score (nSPS) is 18.9. The van der Waals surface area contributed by atoms with Gasteiger partial charge in [-0.05, 0) is 12.8 Å². The first-order valence-electron chi connectivity index (χ1n) is 6.71. The van der Waals surface area contributed by atoms with Gasteiger partial charge in [0.2, 0.25) is 0 Å². The molecule has 7 nitrogen and oxygen atoms in total. The summed E-state index contributed by atoms with van der Waals surface area (Å²) < 4.78 is 28.3. The molecule has 1 rings (SSSR count). The average Bonchev–Trinajstić information content (AvgIpc) is 2.31. The van der Waals surface area contributed by atoms with E-state index in [4.69, 9.17) is 11.1 Å². The van der Waals surface area contributed by atoms with Crippen molar-refractivity contribution in [3.05, 3.63) is 0 Å². The highest BCUT2D eigenvalue weighted by molar-refractivity contribution is 7.87. The zero-order chi connectivity index (χ0) is 14.5. The summed E-state index contributed by atoms with van der Waals surface area (Å²) in [7, 11) is -3.36. The van der Waals surface area contributed by atoms with Crippen LogP contribution >= 0.6 is 0 Å². The monoisotopic (exact) mass is 291 g/mol. The number of nitrogens with zero attached hydrogens (tertiary/aromatic N) is 2. The van der Waals surface area contributed by atoms with Crippen molar-refractivity contribution in [1.29, 1.82) is 5.41 Å². The Hall–Kier alpha value is -0.700. The molecule has 0 aromatic rings. The number of amidine groups is 1. The summed E-state index contributed by atoms with van der Waals surface area (Å²) in [6, 6.07) is -0.0196. The van der Waals surface area contributed by atoms with Crippen molar-refractivity contribution in [1.82, 2.24) is 13.9 Å². The van der Waals surface area contributed by atoms with E-state index in [9.17, 15) is 8.42 Å². The van der Waals surface area contributed by atoms with Gasteiger partial charge in [-0.1, -0.05) is 13.8 Å². The first-order valence-corrected chi connectivity index (χ1v) is 8.15. The molecule has 1 saturated heterocycles. The summed E-state index contributed by atoms with van der Waals surface area (Å²) >= 11 is 0. The molecule has 0 radical (unpaired) electrons. The molecule has 0 spiro atoms. The number of likely N-dealkylation sites (tertiary alicyclic amines) is 1. The largest absolute Gasteiger partial charge is 0.387 e. The fraction of sp³-hybridized carbons (Fsp3) is 0.909. The maximum Gasteiger partial charge on any atom is 0.279 e. The minimum absolute atomic E-state index is 0.0196. The number of nitrogens with two attached hydrogens (primary N) is 1. The highest BCUT2D eigenvalue weighted by Crippen LogP contribution is 2.12. The number of rotatable bonds is 7. The van der Waals surface area contributed by atoms with Crippen molar-refractivity contribution in [2.45, 2.75) is 32.7 Å². The zero-order valence-corrected chi connectivity index (χ0v) is 12.5. The predicted octanol–water partition coefficient (Wildman–Crippen LogP) is -0.437. The Kier molecular flexibility index (Phi) is 6.18. The van der Waals surface area contributed by atoms with Gasteiger partial charge in [0.15, 0.2) is 0 Å². The lowest BCUT2D eigenvalue weighted by Gasteiger charge is -2.32. The summed E-state index contributed by atoms with van der Waals surface area (Å²) in [5.74, 6) is 0.155. The van der Waals surface area contributed by atoms with E-state index in [0.717, 1.165) is 25.9 Å². The highest BCUT2D eigenvalue weighted by atomic mass is 32.2. The molecule has 0 atom stereocenters. The van der Waals surface area contributed by atoms with Crippen LogP contribution in [0.3, 0.4) is 0 Å². The zero-order valence-electron chi connectivity index (χ0n) is 11.7. The van der Waals surface area contributed by atoms with Crippen molar-refractivity contribution in [2.24, 2.45) is 5.73 Å². The van der Waals surface area contributed by atoms with E-state index in [1.807, 2.05) is 13.8 Å². The fourth-order valence-electron chi connectivity index (χ4n) is 2.30. The number of nitrogens with one attached hydrogen (secondary N) is 2. The summed E-state index contributed by atoms with van der Waals surface area (Å²) in [6.07, 6.45) is 1.52. The van der Waals surface area contributed by atoms with Gasteiger partial charge in [-0.15, -0.1) is 0 Å². The second-order valence-corrected chi connectivity index (χ2v) is 6.49. The minimum Gasteiger partial charge on any atom is -0.387 e. The molecule has 0 unspecified atom stereocenters. The highest BCUT2D eigenvalue weighted by Gasteiger charge is 2.26. The summed E-state index contributed by atoms with van der Waals surface area (Å²) in [5.41, 5.74) is 5.36. The van der Waals surface area contributed by atoms with Crippen LogP contribution in [-0.2, 0) is 10.2 Å². The molecule has 1 aliphatic rings. The second-order valence-electron chi connectivity index (χ2n) is 4.78. The van der Waals surface area contributed by atoms with Crippen LogP contribution < -0.4 is 10.5 Å². The van der Waals surface area contributed by atoms with E-state index >= 15 is 0 Å². The van der Waals surface area contributed by atoms with Gasteiger partial charge < -0.3 is 5.73 Å². The second kappa shape index (κ2) is 7.18. The Bertz CT molecular complexity index is 386. The van der Waals surface area contributed by atoms with Gasteiger partial charge >= 0.3 is 0 Å². The van der Waals surface area contributed by atoms with Crippen LogP contribution in [0.1, 0.15) is 26.7 Å². The van der Waals surface area contributed by atoms with E-state index in [1.165, 1.54) is 4.31 Å². The third-order valence-corrected chi connectivity index (χ3v) is 5.17. The van der Waals surface area contributed by atoms with Gasteiger partial charge in [-0.25, -0.2) is 0 Å². The molecule has 0 aromatic carbocycles. The van der Waals surface area contributed by atoms with Crippen LogP contribution in [0.25, 0.3) is 0 Å². The van der Waals surface area contributed by atoms with Crippen LogP contribution in [0, 0.1) is 5.41 Å². The van der Waals surface area contributed by atoms with Crippen LogP contribution in [0.5, 0.6) is 0 Å². The Balaban J connectivity index is 2.46. The Labute approximate surface area is 115 Å². The standard InChI is InChI=1S/C11H25N5O2S/c1-3-16(4-2)19(17,18)14-10-5-7-15(8-6-10)9-11(12)13/h10,14H,3-9H2,1-2H3,(H3,12,13). The minimum atomic E-state index is -3.36. The van der Waals surface area contributed by atoms with Gasteiger partial charge in [0.1, 0.15) is 5.84 Å². The molecule has 8 heteroatoms. The lowest BCUT2D eigenvalue weighted by Crippen LogP contribution is -2.50. The molecule has 4 N–H and O–H groups in total. The van der Waals surface area contributed by atoms with Crippen molar-refractivity contribution in [2.75, 3.05) is 32.7 Å². The Morgan fingerprint density at radius 2 is 1.89 bits per heavy atom. The van der Waals surface area contributed by atoms with Gasteiger partial charge in [0, 0.05) is 32.2 Å². The molecule has 0 aromatic heterocycles. The molecule has 0 aliphatic carbocycles. The molecular weight excluding hydrogens is 266 g/mol. The maximum absolute atomic E-state index is 12.1. The van der Waals surface area contributed by atoms with Crippen molar-refractivity contribution in [3.63, 3.8) is 0 Å². The first kappa shape index (κ1) is 16.4. The van der Waals surface area contributed by atoms with Crippen LogP contribution in [-0.4, -0.2) is 62.2 Å². The summed E-state index contributed by atoms with van der Waals surface area (Å²) in [6.45, 7) is 6.63. The first-order chi connectivity index (χ1) is 8.89. The molecule has 0 bridgehead atoms. The van der Waals surface area contributed by atoms with Gasteiger partial charge in [-0.3, -0.25) is 10.3 Å². The van der Waals surface area contributed by atoms with Crippen molar-refractivity contribution in [3.8, 4) is 0 Å². The molecule has 112 valence electrons. The number of piperidine rings is 1. The van der Waals surface area contributed by atoms with E-state index in [2.05, 4.69) is 9.62 Å². The van der Waals surface area contributed by atoms with Crippen molar-refractivity contribution >= 4 is 16.0 Å². The van der Waals surface area contributed by atoms with E-state index in [0.29, 0.717) is 19.6 Å². The quantitative estimate of drug-likeness (QED) is 0.437. The van der Waals surface area contributed by atoms with E-state index in [-0.39, 0.29) is 11.9 Å². The van der Waals surface area contributed by atoms with Crippen LogP contribution in [0.4, 0.5) is 0 Å². The maximum atomic E-state index is 12.1. The molecule has 0 amide bonds. The average molecular weight is 291 g/mol. The molecule has 1 heterocycles. The van der Waals surface area contributed by atoms with E-state index < -0.39 is 10.2 Å². The molecule has 1 aliphatic heterocycles. The predicted molar refractivity (Wildman–Crippen MR) is 76.4 cm³/mol. The van der Waals surface area contributed by atoms with E-state index in [1.54, 1.807) is 0 Å². The third kappa shape index (κ3) is 5.06. The van der Waals surface area contributed by atoms with Gasteiger partial charge in [0.25, 0.3) is 10.2 Å². The van der Waals surface area contributed by atoms with Crippen LogP contribution in [0.2, 0.25) is 0 Å². The Morgan fingerprint density at radius 3 is 2.32 bits per heavy atom. The summed E-state index contributed by atoms with van der Waals surface area (Å²) in [5, 5.41) is 7.25. The fourth-order valence-corrected chi connectivity index (χ4v) is 3.78. The SMILES string of the molecule is CCN(CC)S(=O)(=O)NC1CCN(CC(=N)N)CC1. The smallest absolute Gasteiger partial charge is 0.279 e. The third-order valence-electron chi connectivity index (χ3n) is 3.34. The molecule has 19 heavy (non-hydrogen) atoms. The van der Waals surface area contributed by atoms with Gasteiger partial charge in [-0.2, -0.15) is 17.4 Å². The van der Waals surface area contributed by atoms with Crippen molar-refractivity contribution < 1.29 is 8.42 Å².